The summed E-state index contributed by atoms with van der Waals surface area (Å²) in [6.07, 6.45) is 0. The van der Waals surface area contributed by atoms with Gasteiger partial charge in [0.05, 0.1) is 10.6 Å². The molecule has 1 aromatic heterocycles. The Morgan fingerprint density at radius 2 is 2.04 bits per heavy atom. The van der Waals surface area contributed by atoms with Crippen LogP contribution in [-0.4, -0.2) is 16.1 Å². The number of carbonyl (C=O) groups is 1. The molecule has 4 nitrogen and oxygen atoms in total. The Kier molecular flexibility index (Phi) is 5.90. The fraction of sp³-hybridized carbons (Fsp3) is 0.0625. The SMILES string of the molecule is O=C(Nc1nnc(SCc2cccc(F)c2)s1)c1ccc(Cl)cc1Cl. The van der Waals surface area contributed by atoms with Gasteiger partial charge in [-0.1, -0.05) is 58.4 Å². The van der Waals surface area contributed by atoms with E-state index in [0.717, 1.165) is 5.56 Å². The van der Waals surface area contributed by atoms with E-state index in [1.807, 2.05) is 6.07 Å². The molecule has 1 N–H and O–H groups in total. The Bertz CT molecular complexity index is 920. The third-order valence-corrected chi connectivity index (χ3v) is 5.64. The van der Waals surface area contributed by atoms with Crippen molar-refractivity contribution in [2.24, 2.45) is 0 Å². The lowest BCUT2D eigenvalue weighted by Gasteiger charge is -2.03. The first-order valence-corrected chi connectivity index (χ1v) is 9.54. The first-order valence-electron chi connectivity index (χ1n) is 6.98. The standard InChI is InChI=1S/C16H10Cl2FN3OS2/c17-10-4-5-12(13(18)7-10)14(23)20-15-21-22-16(25-15)24-8-9-2-1-3-11(19)6-9/h1-7H,8H2,(H,20,21,23). The summed E-state index contributed by atoms with van der Waals surface area (Å²) in [6, 6.07) is 11.0. The molecule has 0 spiro atoms. The molecule has 128 valence electrons. The van der Waals surface area contributed by atoms with Crippen LogP contribution in [0.3, 0.4) is 0 Å². The number of carbonyl (C=O) groups excluding carboxylic acids is 1. The quantitative estimate of drug-likeness (QED) is 0.441. The van der Waals surface area contributed by atoms with Gasteiger partial charge in [0, 0.05) is 10.8 Å². The molecule has 1 heterocycles. The molecule has 0 aliphatic rings. The molecule has 0 fully saturated rings. The summed E-state index contributed by atoms with van der Waals surface area (Å²) in [5, 5.41) is 11.7. The van der Waals surface area contributed by atoms with Crippen LogP contribution in [0.2, 0.25) is 10.0 Å². The maximum Gasteiger partial charge on any atom is 0.259 e. The van der Waals surface area contributed by atoms with Crippen LogP contribution in [0, 0.1) is 5.82 Å². The van der Waals surface area contributed by atoms with Crippen LogP contribution in [0.4, 0.5) is 9.52 Å². The van der Waals surface area contributed by atoms with Crippen molar-refractivity contribution in [2.45, 2.75) is 10.1 Å². The predicted molar refractivity (Wildman–Crippen MR) is 100 cm³/mol. The summed E-state index contributed by atoms with van der Waals surface area (Å²) in [7, 11) is 0. The van der Waals surface area contributed by atoms with Gasteiger partial charge in [0.25, 0.3) is 5.91 Å². The summed E-state index contributed by atoms with van der Waals surface area (Å²) in [5.74, 6) is -0.105. The molecule has 9 heteroatoms. The summed E-state index contributed by atoms with van der Waals surface area (Å²) >= 11 is 14.5. The Morgan fingerprint density at radius 3 is 2.80 bits per heavy atom. The molecular weight excluding hydrogens is 404 g/mol. The fourth-order valence-electron chi connectivity index (χ4n) is 1.93. The van der Waals surface area contributed by atoms with Gasteiger partial charge in [-0.15, -0.1) is 10.2 Å². The van der Waals surface area contributed by atoms with E-state index >= 15 is 0 Å². The van der Waals surface area contributed by atoms with Crippen molar-refractivity contribution >= 4 is 57.3 Å². The maximum absolute atomic E-state index is 13.2. The molecule has 0 unspecified atom stereocenters. The summed E-state index contributed by atoms with van der Waals surface area (Å²) in [5.41, 5.74) is 1.15. The van der Waals surface area contributed by atoms with Crippen molar-refractivity contribution in [3.05, 3.63) is 69.5 Å². The molecule has 3 rings (SSSR count). The van der Waals surface area contributed by atoms with Gasteiger partial charge in [0.2, 0.25) is 5.13 Å². The van der Waals surface area contributed by atoms with E-state index in [1.165, 1.54) is 41.3 Å². The van der Waals surface area contributed by atoms with Crippen LogP contribution in [0.1, 0.15) is 15.9 Å². The molecule has 0 aliphatic carbocycles. The normalized spacial score (nSPS) is 10.7. The van der Waals surface area contributed by atoms with E-state index in [-0.39, 0.29) is 16.7 Å². The van der Waals surface area contributed by atoms with Crippen molar-refractivity contribution in [1.29, 1.82) is 0 Å². The number of aromatic nitrogens is 2. The highest BCUT2D eigenvalue weighted by Gasteiger charge is 2.14. The van der Waals surface area contributed by atoms with Crippen LogP contribution in [0.15, 0.2) is 46.8 Å². The van der Waals surface area contributed by atoms with Crippen LogP contribution < -0.4 is 5.32 Å². The van der Waals surface area contributed by atoms with E-state index in [0.29, 0.717) is 25.8 Å². The van der Waals surface area contributed by atoms with Gasteiger partial charge in [-0.2, -0.15) is 0 Å². The van der Waals surface area contributed by atoms with E-state index in [4.69, 9.17) is 23.2 Å². The fourth-order valence-corrected chi connectivity index (χ4v) is 4.11. The van der Waals surface area contributed by atoms with Gasteiger partial charge in [-0.05, 0) is 35.9 Å². The first-order chi connectivity index (χ1) is 12.0. The topological polar surface area (TPSA) is 54.9 Å². The lowest BCUT2D eigenvalue weighted by Crippen LogP contribution is -2.12. The van der Waals surface area contributed by atoms with Crippen molar-refractivity contribution in [3.8, 4) is 0 Å². The molecule has 1 amide bonds. The van der Waals surface area contributed by atoms with Gasteiger partial charge in [0.1, 0.15) is 5.82 Å². The van der Waals surface area contributed by atoms with Crippen LogP contribution >= 0.6 is 46.3 Å². The second-order valence-corrected chi connectivity index (χ2v) is 7.91. The smallest absolute Gasteiger partial charge is 0.259 e. The lowest BCUT2D eigenvalue weighted by molar-refractivity contribution is 0.102. The highest BCUT2D eigenvalue weighted by Crippen LogP contribution is 2.29. The number of nitrogens with one attached hydrogen (secondary N) is 1. The molecule has 0 bridgehead atoms. The van der Waals surface area contributed by atoms with Crippen molar-refractivity contribution in [3.63, 3.8) is 0 Å². The monoisotopic (exact) mass is 413 g/mol. The number of rotatable bonds is 5. The second kappa shape index (κ2) is 8.14. The van der Waals surface area contributed by atoms with Gasteiger partial charge in [0.15, 0.2) is 4.34 Å². The Labute approximate surface area is 161 Å². The minimum Gasteiger partial charge on any atom is -0.296 e. The van der Waals surface area contributed by atoms with Gasteiger partial charge in [-0.3, -0.25) is 10.1 Å². The van der Waals surface area contributed by atoms with E-state index < -0.39 is 0 Å². The highest BCUT2D eigenvalue weighted by atomic mass is 35.5. The van der Waals surface area contributed by atoms with Crippen LogP contribution in [0.25, 0.3) is 0 Å². The summed E-state index contributed by atoms with van der Waals surface area (Å²) in [4.78, 5) is 12.2. The molecule has 0 saturated carbocycles. The molecule has 25 heavy (non-hydrogen) atoms. The molecule has 0 atom stereocenters. The zero-order valence-corrected chi connectivity index (χ0v) is 15.6. The Hall–Kier alpha value is -1.67. The number of hydrogen-bond donors (Lipinski definition) is 1. The van der Waals surface area contributed by atoms with Gasteiger partial charge < -0.3 is 0 Å². The zero-order valence-electron chi connectivity index (χ0n) is 12.5. The minimum absolute atomic E-state index is 0.259. The Morgan fingerprint density at radius 1 is 1.20 bits per heavy atom. The number of amides is 1. The van der Waals surface area contributed by atoms with Crippen LogP contribution in [-0.2, 0) is 5.75 Å². The third-order valence-electron chi connectivity index (χ3n) is 3.05. The number of halogens is 3. The van der Waals surface area contributed by atoms with E-state index in [9.17, 15) is 9.18 Å². The van der Waals surface area contributed by atoms with Gasteiger partial charge >= 0.3 is 0 Å². The largest absolute Gasteiger partial charge is 0.296 e. The average molecular weight is 414 g/mol. The molecule has 0 radical (unpaired) electrons. The van der Waals surface area contributed by atoms with E-state index in [1.54, 1.807) is 18.2 Å². The molecule has 2 aromatic carbocycles. The minimum atomic E-state index is -0.389. The third kappa shape index (κ3) is 4.92. The molecule has 3 aromatic rings. The van der Waals surface area contributed by atoms with Crippen molar-refractivity contribution in [1.82, 2.24) is 10.2 Å². The first kappa shape index (κ1) is 18.1. The number of anilines is 1. The molecular formula is C16H10Cl2FN3OS2. The Balaban J connectivity index is 1.62. The maximum atomic E-state index is 13.2. The summed E-state index contributed by atoms with van der Waals surface area (Å²) < 4.78 is 13.8. The number of benzene rings is 2. The van der Waals surface area contributed by atoms with Crippen LogP contribution in [0.5, 0.6) is 0 Å². The number of hydrogen-bond acceptors (Lipinski definition) is 5. The van der Waals surface area contributed by atoms with E-state index in [2.05, 4.69) is 15.5 Å². The zero-order chi connectivity index (χ0) is 17.8. The average Bonchev–Trinajstić information content (AvgIpc) is 3.00. The molecule has 0 aliphatic heterocycles. The highest BCUT2D eigenvalue weighted by molar-refractivity contribution is 8.00. The summed E-state index contributed by atoms with van der Waals surface area (Å²) in [6.45, 7) is 0. The van der Waals surface area contributed by atoms with Crippen molar-refractivity contribution < 1.29 is 9.18 Å². The van der Waals surface area contributed by atoms with Gasteiger partial charge in [-0.25, -0.2) is 4.39 Å². The second-order valence-electron chi connectivity index (χ2n) is 4.87. The number of nitrogens with zero attached hydrogens (tertiary/aromatic N) is 2. The number of thioether (sulfide) groups is 1. The van der Waals surface area contributed by atoms with Crippen molar-refractivity contribution in [2.75, 3.05) is 5.32 Å². The predicted octanol–water partition coefficient (Wildman–Crippen LogP) is 5.53. The lowest BCUT2D eigenvalue weighted by atomic mass is 10.2. The molecule has 0 saturated heterocycles.